The van der Waals surface area contributed by atoms with Crippen LogP contribution in [0.25, 0.3) is 0 Å². The van der Waals surface area contributed by atoms with E-state index in [9.17, 15) is 4.79 Å². The molecule has 0 spiro atoms. The summed E-state index contributed by atoms with van der Waals surface area (Å²) in [6.45, 7) is 1.44. The van der Waals surface area contributed by atoms with Crippen LogP contribution in [0, 0.1) is 11.3 Å². The summed E-state index contributed by atoms with van der Waals surface area (Å²) in [6.07, 6.45) is 0. The van der Waals surface area contributed by atoms with Gasteiger partial charge in [0.1, 0.15) is 5.75 Å². The fourth-order valence-corrected chi connectivity index (χ4v) is 1.60. The zero-order valence-corrected chi connectivity index (χ0v) is 10.4. The fraction of sp³-hybridized carbons (Fsp3) is 0.0667. The maximum absolute atomic E-state index is 11.1. The summed E-state index contributed by atoms with van der Waals surface area (Å²) >= 11 is 0. The average molecular weight is 252 g/mol. The van der Waals surface area contributed by atoms with E-state index in [2.05, 4.69) is 11.4 Å². The molecular weight excluding hydrogens is 240 g/mol. The molecule has 1 amide bonds. The quantitative estimate of drug-likeness (QED) is 0.911. The Labute approximate surface area is 111 Å². The van der Waals surface area contributed by atoms with Crippen molar-refractivity contribution in [3.05, 3.63) is 54.1 Å². The van der Waals surface area contributed by atoms with E-state index in [-0.39, 0.29) is 5.91 Å². The van der Waals surface area contributed by atoms with Crippen molar-refractivity contribution in [2.24, 2.45) is 0 Å². The number of benzene rings is 2. The summed E-state index contributed by atoms with van der Waals surface area (Å²) in [7, 11) is 0. The second kappa shape index (κ2) is 5.69. The van der Waals surface area contributed by atoms with Crippen LogP contribution in [0.5, 0.6) is 11.5 Å². The van der Waals surface area contributed by atoms with E-state index in [1.807, 2.05) is 12.1 Å². The molecule has 0 radical (unpaired) electrons. The minimum atomic E-state index is -0.165. The molecule has 0 saturated heterocycles. The van der Waals surface area contributed by atoms with Gasteiger partial charge in [0.15, 0.2) is 5.75 Å². The van der Waals surface area contributed by atoms with Crippen LogP contribution in [0.3, 0.4) is 0 Å². The number of ether oxygens (including phenoxy) is 1. The number of carbonyl (C=O) groups is 1. The third-order valence-electron chi connectivity index (χ3n) is 2.39. The van der Waals surface area contributed by atoms with E-state index in [0.717, 1.165) is 0 Å². The number of para-hydroxylation sites is 2. The highest BCUT2D eigenvalue weighted by atomic mass is 16.5. The molecule has 1 N–H and O–H groups in total. The predicted molar refractivity (Wildman–Crippen MR) is 72.0 cm³/mol. The number of amides is 1. The molecule has 0 heterocycles. The Hall–Kier alpha value is -2.80. The summed E-state index contributed by atoms with van der Waals surface area (Å²) in [5.74, 6) is 0.923. The third kappa shape index (κ3) is 3.33. The number of rotatable bonds is 3. The normalized spacial score (nSPS) is 9.47. The van der Waals surface area contributed by atoms with Gasteiger partial charge in [-0.25, -0.2) is 0 Å². The molecule has 0 unspecified atom stereocenters. The monoisotopic (exact) mass is 252 g/mol. The Balaban J connectivity index is 2.27. The molecule has 2 aromatic rings. The Bertz CT molecular complexity index is 645. The molecule has 2 aromatic carbocycles. The molecule has 19 heavy (non-hydrogen) atoms. The molecule has 2 rings (SSSR count). The second-order valence-electron chi connectivity index (χ2n) is 3.92. The fourth-order valence-electron chi connectivity index (χ4n) is 1.60. The summed E-state index contributed by atoms with van der Waals surface area (Å²) < 4.78 is 5.69. The van der Waals surface area contributed by atoms with Crippen molar-refractivity contribution in [2.45, 2.75) is 6.92 Å². The highest BCUT2D eigenvalue weighted by Gasteiger charge is 2.06. The van der Waals surface area contributed by atoms with Crippen molar-refractivity contribution in [2.75, 3.05) is 5.32 Å². The lowest BCUT2D eigenvalue weighted by Gasteiger charge is -2.11. The first-order valence-electron chi connectivity index (χ1n) is 5.73. The van der Waals surface area contributed by atoms with Gasteiger partial charge in [0.25, 0.3) is 0 Å². The largest absolute Gasteiger partial charge is 0.455 e. The summed E-state index contributed by atoms with van der Waals surface area (Å²) in [5, 5.41) is 11.5. The first-order valence-corrected chi connectivity index (χ1v) is 5.73. The van der Waals surface area contributed by atoms with Crippen molar-refractivity contribution >= 4 is 11.6 Å². The maximum Gasteiger partial charge on any atom is 0.221 e. The van der Waals surface area contributed by atoms with Crippen LogP contribution in [0.15, 0.2) is 48.5 Å². The van der Waals surface area contributed by atoms with Gasteiger partial charge in [0, 0.05) is 6.92 Å². The number of carbonyl (C=O) groups excluding carboxylic acids is 1. The smallest absolute Gasteiger partial charge is 0.221 e. The van der Waals surface area contributed by atoms with Gasteiger partial charge in [0.05, 0.1) is 17.3 Å². The van der Waals surface area contributed by atoms with E-state index in [1.54, 1.807) is 36.4 Å². The van der Waals surface area contributed by atoms with Gasteiger partial charge < -0.3 is 10.1 Å². The van der Waals surface area contributed by atoms with Gasteiger partial charge in [-0.15, -0.1) is 0 Å². The molecule has 4 nitrogen and oxygen atoms in total. The second-order valence-corrected chi connectivity index (χ2v) is 3.92. The van der Waals surface area contributed by atoms with E-state index in [1.165, 1.54) is 6.92 Å². The molecule has 4 heteroatoms. The Morgan fingerprint density at radius 1 is 1.21 bits per heavy atom. The lowest BCUT2D eigenvalue weighted by Crippen LogP contribution is -2.06. The van der Waals surface area contributed by atoms with Gasteiger partial charge >= 0.3 is 0 Å². The van der Waals surface area contributed by atoms with Gasteiger partial charge in [-0.1, -0.05) is 18.2 Å². The minimum Gasteiger partial charge on any atom is -0.455 e. The molecule has 0 aromatic heterocycles. The molecule has 0 aliphatic carbocycles. The van der Waals surface area contributed by atoms with E-state index < -0.39 is 0 Å². The van der Waals surface area contributed by atoms with Crippen LogP contribution in [0.2, 0.25) is 0 Å². The first kappa shape index (κ1) is 12.7. The van der Waals surface area contributed by atoms with E-state index >= 15 is 0 Å². The summed E-state index contributed by atoms with van der Waals surface area (Å²) in [4.78, 5) is 11.1. The van der Waals surface area contributed by atoms with Crippen LogP contribution in [-0.4, -0.2) is 5.91 Å². The third-order valence-corrected chi connectivity index (χ3v) is 2.39. The van der Waals surface area contributed by atoms with Gasteiger partial charge in [0.2, 0.25) is 5.91 Å². The number of nitrogens with one attached hydrogen (secondary N) is 1. The zero-order chi connectivity index (χ0) is 13.7. The van der Waals surface area contributed by atoms with Crippen LogP contribution in [-0.2, 0) is 4.79 Å². The Kier molecular flexibility index (Phi) is 3.79. The Morgan fingerprint density at radius 3 is 2.74 bits per heavy atom. The highest BCUT2D eigenvalue weighted by molar-refractivity contribution is 5.90. The molecule has 0 bridgehead atoms. The number of nitrogens with zero attached hydrogens (tertiary/aromatic N) is 1. The van der Waals surface area contributed by atoms with Crippen LogP contribution < -0.4 is 10.1 Å². The topological polar surface area (TPSA) is 62.1 Å². The van der Waals surface area contributed by atoms with E-state index in [4.69, 9.17) is 10.00 Å². The van der Waals surface area contributed by atoms with Gasteiger partial charge in [-0.2, -0.15) is 5.26 Å². The molecule has 0 saturated carbocycles. The predicted octanol–water partition coefficient (Wildman–Crippen LogP) is 3.31. The minimum absolute atomic E-state index is 0.165. The maximum atomic E-state index is 11.1. The summed E-state index contributed by atoms with van der Waals surface area (Å²) in [6, 6.07) is 16.0. The summed E-state index contributed by atoms with van der Waals surface area (Å²) in [5.41, 5.74) is 1.12. The highest BCUT2D eigenvalue weighted by Crippen LogP contribution is 2.29. The number of anilines is 1. The lowest BCUT2D eigenvalue weighted by atomic mass is 10.2. The van der Waals surface area contributed by atoms with Crippen molar-refractivity contribution in [1.82, 2.24) is 0 Å². The van der Waals surface area contributed by atoms with Crippen LogP contribution in [0.4, 0.5) is 5.69 Å². The molecular formula is C15H12N2O2. The molecule has 0 atom stereocenters. The van der Waals surface area contributed by atoms with Gasteiger partial charge in [-0.05, 0) is 30.3 Å². The Morgan fingerprint density at radius 2 is 2.00 bits per heavy atom. The van der Waals surface area contributed by atoms with Crippen molar-refractivity contribution in [3.8, 4) is 17.6 Å². The lowest BCUT2D eigenvalue weighted by molar-refractivity contribution is -0.114. The molecule has 0 fully saturated rings. The SMILES string of the molecule is CC(=O)Nc1ccccc1Oc1cccc(C#N)c1. The van der Waals surface area contributed by atoms with Crippen LogP contribution in [0.1, 0.15) is 12.5 Å². The van der Waals surface area contributed by atoms with Crippen molar-refractivity contribution < 1.29 is 9.53 Å². The number of hydrogen-bond donors (Lipinski definition) is 1. The van der Waals surface area contributed by atoms with Crippen molar-refractivity contribution in [3.63, 3.8) is 0 Å². The standard InChI is InChI=1S/C15H12N2O2/c1-11(18)17-14-7-2-3-8-15(14)19-13-6-4-5-12(9-13)10-16/h2-9H,1H3,(H,17,18). The molecule has 0 aliphatic heterocycles. The van der Waals surface area contributed by atoms with Crippen LogP contribution >= 0.6 is 0 Å². The zero-order valence-electron chi connectivity index (χ0n) is 10.4. The number of hydrogen-bond acceptors (Lipinski definition) is 3. The van der Waals surface area contributed by atoms with Crippen molar-refractivity contribution in [1.29, 1.82) is 5.26 Å². The molecule has 0 aliphatic rings. The van der Waals surface area contributed by atoms with Gasteiger partial charge in [-0.3, -0.25) is 4.79 Å². The van der Waals surface area contributed by atoms with E-state index in [0.29, 0.717) is 22.7 Å². The molecule has 94 valence electrons. The number of nitriles is 1. The average Bonchev–Trinajstić information content (AvgIpc) is 2.41. The first-order chi connectivity index (χ1) is 9.19.